The van der Waals surface area contributed by atoms with Crippen LogP contribution in [0.4, 0.5) is 11.4 Å². The molecule has 0 spiro atoms. The van der Waals surface area contributed by atoms with E-state index in [1.807, 2.05) is 0 Å². The smallest absolute Gasteiger partial charge is 0.295 e. The van der Waals surface area contributed by atoms with Gasteiger partial charge >= 0.3 is 0 Å². The zero-order chi connectivity index (χ0) is 29.4. The highest BCUT2D eigenvalue weighted by molar-refractivity contribution is 7.86. The van der Waals surface area contributed by atoms with E-state index in [4.69, 9.17) is 0 Å². The van der Waals surface area contributed by atoms with Crippen molar-refractivity contribution in [3.63, 3.8) is 0 Å². The molecular formula is C28H15NO10S2. The van der Waals surface area contributed by atoms with E-state index in [1.165, 1.54) is 48.5 Å². The molecule has 0 aliphatic heterocycles. The van der Waals surface area contributed by atoms with Gasteiger partial charge in [-0.1, -0.05) is 48.5 Å². The molecule has 3 N–H and O–H groups in total. The van der Waals surface area contributed by atoms with Crippen LogP contribution in [-0.2, 0) is 20.2 Å². The maximum absolute atomic E-state index is 13.6. The summed E-state index contributed by atoms with van der Waals surface area (Å²) in [5.41, 5.74) is -2.62. The van der Waals surface area contributed by atoms with E-state index in [9.17, 15) is 45.1 Å². The lowest BCUT2D eigenvalue weighted by molar-refractivity contribution is 0.0976. The summed E-state index contributed by atoms with van der Waals surface area (Å²) < 4.78 is 68.3. The van der Waals surface area contributed by atoms with E-state index in [2.05, 4.69) is 5.32 Å². The van der Waals surface area contributed by atoms with Gasteiger partial charge in [-0.3, -0.25) is 28.3 Å². The molecule has 0 heterocycles. The topological polar surface area (TPSA) is 189 Å². The van der Waals surface area contributed by atoms with E-state index in [0.717, 1.165) is 24.3 Å². The fourth-order valence-corrected chi connectivity index (χ4v) is 6.56. The van der Waals surface area contributed by atoms with Crippen LogP contribution in [0.2, 0.25) is 0 Å². The fraction of sp³-hybridized carbons (Fsp3) is 0. The van der Waals surface area contributed by atoms with Crippen LogP contribution in [0.1, 0.15) is 63.7 Å². The number of hydrogen-bond donors (Lipinski definition) is 3. The van der Waals surface area contributed by atoms with Crippen molar-refractivity contribution in [3.8, 4) is 0 Å². The lowest BCUT2D eigenvalue weighted by atomic mass is 9.82. The van der Waals surface area contributed by atoms with Gasteiger partial charge in [0.25, 0.3) is 20.2 Å². The highest BCUT2D eigenvalue weighted by Gasteiger charge is 2.39. The third-order valence-electron chi connectivity index (χ3n) is 6.90. The molecule has 0 saturated heterocycles. The van der Waals surface area contributed by atoms with E-state index >= 15 is 0 Å². The van der Waals surface area contributed by atoms with E-state index in [-0.39, 0.29) is 33.6 Å². The minimum Gasteiger partial charge on any atom is -0.354 e. The van der Waals surface area contributed by atoms with Crippen molar-refractivity contribution >= 4 is 54.7 Å². The molecule has 204 valence electrons. The second-order valence-corrected chi connectivity index (χ2v) is 12.0. The van der Waals surface area contributed by atoms with Gasteiger partial charge in [-0.05, 0) is 24.3 Å². The van der Waals surface area contributed by atoms with Gasteiger partial charge in [0.2, 0.25) is 0 Å². The molecule has 13 heteroatoms. The molecule has 2 aliphatic carbocycles. The zero-order valence-corrected chi connectivity index (χ0v) is 22.0. The number of rotatable bonds is 4. The Kier molecular flexibility index (Phi) is 5.69. The molecule has 2 aliphatic rings. The zero-order valence-electron chi connectivity index (χ0n) is 20.4. The van der Waals surface area contributed by atoms with Gasteiger partial charge in [0.1, 0.15) is 9.79 Å². The van der Waals surface area contributed by atoms with Crippen LogP contribution in [0, 0.1) is 0 Å². The fourth-order valence-electron chi connectivity index (χ4n) is 5.17. The second kappa shape index (κ2) is 8.84. The van der Waals surface area contributed by atoms with Crippen molar-refractivity contribution in [1.29, 1.82) is 0 Å². The van der Waals surface area contributed by atoms with Gasteiger partial charge < -0.3 is 5.32 Å². The van der Waals surface area contributed by atoms with Crippen LogP contribution in [0.15, 0.2) is 82.6 Å². The maximum Gasteiger partial charge on any atom is 0.295 e. The van der Waals surface area contributed by atoms with Gasteiger partial charge in [0, 0.05) is 22.3 Å². The van der Waals surface area contributed by atoms with Crippen molar-refractivity contribution in [1.82, 2.24) is 0 Å². The lowest BCUT2D eigenvalue weighted by Gasteiger charge is -2.25. The van der Waals surface area contributed by atoms with Crippen molar-refractivity contribution in [2.24, 2.45) is 0 Å². The molecule has 0 unspecified atom stereocenters. The molecule has 0 radical (unpaired) electrons. The maximum atomic E-state index is 13.6. The Labute approximate surface area is 232 Å². The first kappa shape index (κ1) is 26.4. The van der Waals surface area contributed by atoms with E-state index < -0.39 is 75.4 Å². The van der Waals surface area contributed by atoms with Gasteiger partial charge in [-0.15, -0.1) is 0 Å². The molecule has 4 aromatic carbocycles. The third kappa shape index (κ3) is 3.94. The first-order valence-electron chi connectivity index (χ1n) is 11.7. The number of hydrogen-bond acceptors (Lipinski definition) is 9. The molecule has 0 amide bonds. The average Bonchev–Trinajstić information content (AvgIpc) is 2.93. The number of fused-ring (bicyclic) bond motifs is 4. The van der Waals surface area contributed by atoms with Gasteiger partial charge in [-0.2, -0.15) is 16.8 Å². The normalized spacial score (nSPS) is 14.2. The number of carbonyl (C=O) groups is 4. The number of benzene rings is 4. The molecule has 6 rings (SSSR count). The Bertz CT molecular complexity index is 2000. The molecule has 11 nitrogen and oxygen atoms in total. The molecular weight excluding hydrogens is 574 g/mol. The summed E-state index contributed by atoms with van der Waals surface area (Å²) >= 11 is 0. The molecule has 0 saturated carbocycles. The Morgan fingerprint density at radius 3 is 1.02 bits per heavy atom. The van der Waals surface area contributed by atoms with E-state index in [1.54, 1.807) is 0 Å². The SMILES string of the molecule is O=C1c2ccccc2C(=O)c2c(S(=O)(=O)O)ccc(Nc3ccc(S(=O)(=O)O)c4c3C(=O)c3ccccc3C4=O)c21. The first-order valence-corrected chi connectivity index (χ1v) is 14.6. The summed E-state index contributed by atoms with van der Waals surface area (Å²) in [4.78, 5) is 52.4. The van der Waals surface area contributed by atoms with Gasteiger partial charge in [-0.25, -0.2) is 0 Å². The summed E-state index contributed by atoms with van der Waals surface area (Å²) in [6.45, 7) is 0. The van der Waals surface area contributed by atoms with Crippen LogP contribution >= 0.6 is 0 Å². The summed E-state index contributed by atoms with van der Waals surface area (Å²) in [6, 6.07) is 15.3. The number of carbonyl (C=O) groups excluding carboxylic acids is 4. The minimum absolute atomic E-state index is 0.0375. The van der Waals surface area contributed by atoms with Gasteiger partial charge in [0.15, 0.2) is 23.1 Å². The average molecular weight is 590 g/mol. The lowest BCUT2D eigenvalue weighted by Crippen LogP contribution is -2.26. The molecule has 41 heavy (non-hydrogen) atoms. The minimum atomic E-state index is -4.97. The van der Waals surface area contributed by atoms with Crippen LogP contribution in [0.5, 0.6) is 0 Å². The number of nitrogens with one attached hydrogen (secondary N) is 1. The largest absolute Gasteiger partial charge is 0.354 e. The Morgan fingerprint density at radius 1 is 0.439 bits per heavy atom. The van der Waals surface area contributed by atoms with Gasteiger partial charge in [0.05, 0.1) is 33.6 Å². The number of anilines is 2. The Morgan fingerprint density at radius 2 is 0.732 bits per heavy atom. The van der Waals surface area contributed by atoms with Crippen LogP contribution in [-0.4, -0.2) is 49.1 Å². The van der Waals surface area contributed by atoms with Crippen molar-refractivity contribution in [2.45, 2.75) is 9.79 Å². The van der Waals surface area contributed by atoms with Crippen LogP contribution in [0.25, 0.3) is 0 Å². The van der Waals surface area contributed by atoms with E-state index in [0.29, 0.717) is 0 Å². The van der Waals surface area contributed by atoms with Crippen molar-refractivity contribution in [3.05, 3.63) is 117 Å². The predicted molar refractivity (Wildman–Crippen MR) is 142 cm³/mol. The third-order valence-corrected chi connectivity index (χ3v) is 8.69. The molecule has 0 fully saturated rings. The summed E-state index contributed by atoms with van der Waals surface area (Å²) in [6.07, 6.45) is 0. The molecule has 0 aromatic heterocycles. The summed E-state index contributed by atoms with van der Waals surface area (Å²) in [5, 5.41) is 2.78. The first-order chi connectivity index (χ1) is 19.3. The summed E-state index contributed by atoms with van der Waals surface area (Å²) in [5.74, 6) is -3.23. The highest BCUT2D eigenvalue weighted by Crippen LogP contribution is 2.40. The molecule has 4 aromatic rings. The van der Waals surface area contributed by atoms with Crippen molar-refractivity contribution < 1.29 is 45.1 Å². The van der Waals surface area contributed by atoms with Crippen LogP contribution in [0.3, 0.4) is 0 Å². The standard InChI is InChI=1S/C28H15NO10S2/c30-25-13-5-1-3-7-15(13)27(32)23-19(40(34,35)36)11-9-17(21(23)25)29-18-10-12-20(41(37,38)39)24-22(18)26(31)14-6-2-4-8-16(14)28(24)33/h1-12,29H,(H,34,35,36)(H,37,38,39). The number of ketones is 4. The second-order valence-electron chi connectivity index (χ2n) is 9.21. The highest BCUT2D eigenvalue weighted by atomic mass is 32.2. The van der Waals surface area contributed by atoms with Crippen LogP contribution < -0.4 is 5.32 Å². The Hall–Kier alpha value is -4.82. The summed E-state index contributed by atoms with van der Waals surface area (Å²) in [7, 11) is -9.95. The monoisotopic (exact) mass is 589 g/mol. The van der Waals surface area contributed by atoms with Crippen molar-refractivity contribution in [2.75, 3.05) is 5.32 Å². The molecule has 0 atom stereocenters. The molecule has 0 bridgehead atoms. The quantitative estimate of drug-likeness (QED) is 0.255. The predicted octanol–water partition coefficient (Wildman–Crippen LogP) is 3.47. The Balaban J connectivity index is 1.62.